The van der Waals surface area contributed by atoms with Crippen LogP contribution in [0, 0.1) is 0 Å². The molecule has 0 atom stereocenters. The van der Waals surface area contributed by atoms with Gasteiger partial charge in [0.05, 0.1) is 26.0 Å². The number of halogens is 2. The first-order valence-electron chi connectivity index (χ1n) is 9.20. The monoisotopic (exact) mass is 465 g/mol. The fourth-order valence-corrected chi connectivity index (χ4v) is 4.40. The third-order valence-corrected chi connectivity index (χ3v) is 6.08. The maximum absolute atomic E-state index is 12.4. The van der Waals surface area contributed by atoms with Crippen LogP contribution in [0.25, 0.3) is 28.5 Å². The van der Waals surface area contributed by atoms with Crippen molar-refractivity contribution in [2.45, 2.75) is 0 Å². The van der Waals surface area contributed by atoms with E-state index in [1.165, 1.54) is 11.8 Å². The van der Waals surface area contributed by atoms with E-state index in [0.29, 0.717) is 25.8 Å². The molecule has 0 bridgehead atoms. The number of benzene rings is 2. The van der Waals surface area contributed by atoms with Crippen LogP contribution in [-0.2, 0) is 4.79 Å². The molecule has 1 amide bonds. The van der Waals surface area contributed by atoms with Gasteiger partial charge in [-0.1, -0.05) is 35.3 Å². The minimum Gasteiger partial charge on any atom is -0.338 e. The molecule has 31 heavy (non-hydrogen) atoms. The van der Waals surface area contributed by atoms with Crippen molar-refractivity contribution in [1.29, 1.82) is 0 Å². The number of fused-ring (bicyclic) bond motifs is 1. The van der Waals surface area contributed by atoms with Gasteiger partial charge in [0.25, 0.3) is 5.91 Å². The summed E-state index contributed by atoms with van der Waals surface area (Å²) in [4.78, 5) is 29.3. The third-order valence-electron chi connectivity index (χ3n) is 4.56. The predicted molar refractivity (Wildman–Crippen MR) is 127 cm³/mol. The molecule has 0 radical (unpaired) electrons. The van der Waals surface area contributed by atoms with Crippen LogP contribution in [0.15, 0.2) is 70.8 Å². The number of rotatable bonds is 3. The van der Waals surface area contributed by atoms with E-state index < -0.39 is 0 Å². The van der Waals surface area contributed by atoms with Gasteiger partial charge < -0.3 is 10.3 Å². The zero-order valence-corrected chi connectivity index (χ0v) is 18.1. The van der Waals surface area contributed by atoms with Crippen LogP contribution < -0.4 is 5.32 Å². The van der Waals surface area contributed by atoms with E-state index in [1.807, 2.05) is 30.3 Å². The fraction of sp³-hybridized carbons (Fsp3) is 0. The first-order valence-corrected chi connectivity index (χ1v) is 10.8. The Balaban J connectivity index is 1.43. The van der Waals surface area contributed by atoms with E-state index in [2.05, 4.69) is 25.3 Å². The van der Waals surface area contributed by atoms with Crippen molar-refractivity contribution in [3.63, 3.8) is 0 Å². The van der Waals surface area contributed by atoms with Crippen molar-refractivity contribution < 1.29 is 4.79 Å². The van der Waals surface area contributed by atoms with Crippen LogP contribution in [0.3, 0.4) is 0 Å². The van der Waals surface area contributed by atoms with Crippen LogP contribution in [0.5, 0.6) is 0 Å². The lowest BCUT2D eigenvalue weighted by molar-refractivity contribution is -0.115. The SMILES string of the molecule is O=C1NC(=Nc2c(Cl)cccc2Cl)SC1=Cc1ccc2[nH]c(-c3ccncc3)nc2c1. The lowest BCUT2D eigenvalue weighted by Gasteiger charge is -2.01. The van der Waals surface area contributed by atoms with E-state index in [4.69, 9.17) is 23.2 Å². The highest BCUT2D eigenvalue weighted by atomic mass is 35.5. The molecular formula is C22H13Cl2N5OS. The Bertz CT molecular complexity index is 1360. The smallest absolute Gasteiger partial charge is 0.264 e. The molecule has 5 rings (SSSR count). The van der Waals surface area contributed by atoms with Crippen LogP contribution in [0.2, 0.25) is 10.0 Å². The molecule has 4 aromatic rings. The molecule has 6 nitrogen and oxygen atoms in total. The van der Waals surface area contributed by atoms with Crippen molar-refractivity contribution in [3.05, 3.63) is 81.4 Å². The van der Waals surface area contributed by atoms with E-state index in [1.54, 1.807) is 36.7 Å². The first-order chi connectivity index (χ1) is 15.1. The van der Waals surface area contributed by atoms with Gasteiger partial charge in [-0.3, -0.25) is 9.78 Å². The number of hydrogen-bond donors (Lipinski definition) is 2. The molecule has 0 aliphatic carbocycles. The minimum atomic E-state index is -0.230. The number of aromatic nitrogens is 3. The van der Waals surface area contributed by atoms with Gasteiger partial charge >= 0.3 is 0 Å². The van der Waals surface area contributed by atoms with E-state index in [9.17, 15) is 4.79 Å². The lowest BCUT2D eigenvalue weighted by atomic mass is 10.2. The Morgan fingerprint density at radius 2 is 1.81 bits per heavy atom. The molecular weight excluding hydrogens is 453 g/mol. The number of carbonyl (C=O) groups is 1. The van der Waals surface area contributed by atoms with Crippen molar-refractivity contribution in [3.8, 4) is 11.4 Å². The zero-order valence-electron chi connectivity index (χ0n) is 15.8. The van der Waals surface area contributed by atoms with Gasteiger partial charge in [0.1, 0.15) is 11.5 Å². The number of nitrogens with one attached hydrogen (secondary N) is 2. The topological polar surface area (TPSA) is 83.0 Å². The van der Waals surface area contributed by atoms with Gasteiger partial charge in [-0.15, -0.1) is 0 Å². The van der Waals surface area contributed by atoms with Crippen molar-refractivity contribution in [1.82, 2.24) is 20.3 Å². The average molecular weight is 466 g/mol. The number of imidazole rings is 1. The standard InChI is InChI=1S/C22H13Cl2N5OS/c23-14-2-1-3-15(24)19(14)28-22-29-21(30)18(31-22)11-12-4-5-16-17(10-12)27-20(26-16)13-6-8-25-9-7-13/h1-11H,(H,26,27)(H,28,29,30). The Kier molecular flexibility index (Phi) is 5.23. The summed E-state index contributed by atoms with van der Waals surface area (Å²) < 4.78 is 0. The molecule has 3 heterocycles. The molecule has 0 unspecified atom stereocenters. The van der Waals surface area contributed by atoms with E-state index in [0.717, 1.165) is 28.0 Å². The van der Waals surface area contributed by atoms with Crippen LogP contribution in [-0.4, -0.2) is 26.0 Å². The van der Waals surface area contributed by atoms with E-state index >= 15 is 0 Å². The predicted octanol–water partition coefficient (Wildman–Crippen LogP) is 5.82. The zero-order chi connectivity index (χ0) is 21.4. The number of aromatic amines is 1. The Morgan fingerprint density at radius 1 is 1.03 bits per heavy atom. The minimum absolute atomic E-state index is 0.230. The number of pyridine rings is 1. The number of aliphatic imine (C=N–C) groups is 1. The van der Waals surface area contributed by atoms with Gasteiger partial charge in [-0.2, -0.15) is 0 Å². The summed E-state index contributed by atoms with van der Waals surface area (Å²) in [6.07, 6.45) is 5.25. The Labute approximate surface area is 191 Å². The molecule has 1 fully saturated rings. The van der Waals surface area contributed by atoms with Gasteiger partial charge in [0.2, 0.25) is 0 Å². The van der Waals surface area contributed by atoms with Gasteiger partial charge in [0.15, 0.2) is 5.17 Å². The highest BCUT2D eigenvalue weighted by Crippen LogP contribution is 2.35. The lowest BCUT2D eigenvalue weighted by Crippen LogP contribution is -2.19. The summed E-state index contributed by atoms with van der Waals surface area (Å²) >= 11 is 13.6. The molecule has 2 aromatic carbocycles. The molecule has 152 valence electrons. The number of para-hydroxylation sites is 1. The number of hydrogen-bond acceptors (Lipinski definition) is 5. The highest BCUT2D eigenvalue weighted by molar-refractivity contribution is 8.18. The number of H-pyrrole nitrogens is 1. The summed E-state index contributed by atoms with van der Waals surface area (Å²) in [5, 5.41) is 4.01. The fourth-order valence-electron chi connectivity index (χ4n) is 3.09. The van der Waals surface area contributed by atoms with Crippen molar-refractivity contribution >= 4 is 68.8 Å². The number of thioether (sulfide) groups is 1. The Hall–Kier alpha value is -3.13. The number of amidine groups is 1. The maximum Gasteiger partial charge on any atom is 0.264 e. The molecule has 1 aliphatic heterocycles. The third kappa shape index (κ3) is 4.07. The first kappa shape index (κ1) is 19.8. The normalized spacial score (nSPS) is 16.4. The van der Waals surface area contributed by atoms with Crippen LogP contribution >= 0.6 is 35.0 Å². The largest absolute Gasteiger partial charge is 0.338 e. The second-order valence-corrected chi connectivity index (χ2v) is 8.49. The van der Waals surface area contributed by atoms with Gasteiger partial charge in [-0.05, 0) is 59.8 Å². The molecule has 2 N–H and O–H groups in total. The van der Waals surface area contributed by atoms with Gasteiger partial charge in [0, 0.05) is 18.0 Å². The van der Waals surface area contributed by atoms with Crippen molar-refractivity contribution in [2.75, 3.05) is 0 Å². The molecule has 2 aromatic heterocycles. The summed E-state index contributed by atoms with van der Waals surface area (Å²) in [7, 11) is 0. The van der Waals surface area contributed by atoms with Crippen LogP contribution in [0.1, 0.15) is 5.56 Å². The number of amides is 1. The van der Waals surface area contributed by atoms with Crippen LogP contribution in [0.4, 0.5) is 5.69 Å². The number of nitrogens with zero attached hydrogens (tertiary/aromatic N) is 3. The summed E-state index contributed by atoms with van der Waals surface area (Å²) in [6, 6.07) is 14.7. The average Bonchev–Trinajstić information content (AvgIpc) is 3.34. The van der Waals surface area contributed by atoms with Crippen molar-refractivity contribution in [2.24, 2.45) is 4.99 Å². The van der Waals surface area contributed by atoms with Gasteiger partial charge in [-0.25, -0.2) is 9.98 Å². The highest BCUT2D eigenvalue weighted by Gasteiger charge is 2.24. The second kappa shape index (κ2) is 8.19. The molecule has 1 aliphatic rings. The van der Waals surface area contributed by atoms with E-state index in [-0.39, 0.29) is 5.91 Å². The number of carbonyl (C=O) groups excluding carboxylic acids is 1. The maximum atomic E-state index is 12.4. The molecule has 0 spiro atoms. The molecule has 1 saturated heterocycles. The Morgan fingerprint density at radius 3 is 2.58 bits per heavy atom. The summed E-state index contributed by atoms with van der Waals surface area (Å²) in [5.74, 6) is 0.535. The molecule has 0 saturated carbocycles. The molecule has 9 heteroatoms. The summed E-state index contributed by atoms with van der Waals surface area (Å²) in [5.41, 5.74) is 3.96. The quantitative estimate of drug-likeness (QED) is 0.373. The second-order valence-electron chi connectivity index (χ2n) is 6.65. The summed E-state index contributed by atoms with van der Waals surface area (Å²) in [6.45, 7) is 0.